The number of furan rings is 1. The molecule has 1 heterocycles. The predicted octanol–water partition coefficient (Wildman–Crippen LogP) is 3.22. The maximum Gasteiger partial charge on any atom is 0.341 e. The molecule has 0 amide bonds. The van der Waals surface area contributed by atoms with Crippen molar-refractivity contribution in [2.75, 3.05) is 7.11 Å². The first-order valence-corrected chi connectivity index (χ1v) is 6.58. The van der Waals surface area contributed by atoms with Crippen molar-refractivity contribution in [3.8, 4) is 0 Å². The third kappa shape index (κ3) is 4.63. The maximum atomic E-state index is 11.6. The number of esters is 1. The summed E-state index contributed by atoms with van der Waals surface area (Å²) in [6, 6.07) is 1.56. The van der Waals surface area contributed by atoms with Crippen LogP contribution >= 0.6 is 0 Å². The van der Waals surface area contributed by atoms with Gasteiger partial charge in [-0.2, -0.15) is 0 Å². The number of carboxylic acids is 1. The van der Waals surface area contributed by atoms with Crippen molar-refractivity contribution >= 4 is 11.9 Å². The molecule has 0 aromatic carbocycles. The number of hydrogen-bond acceptors (Lipinski definition) is 4. The molecule has 0 saturated heterocycles. The van der Waals surface area contributed by atoms with Gasteiger partial charge in [-0.15, -0.1) is 0 Å². The average Bonchev–Trinajstić information content (AvgIpc) is 2.89. The molecule has 0 spiro atoms. The topological polar surface area (TPSA) is 76.7 Å². The molecule has 0 aliphatic rings. The molecule has 1 rings (SSSR count). The molecule has 1 atom stereocenters. The fourth-order valence-electron chi connectivity index (χ4n) is 1.99. The minimum Gasteiger partial charge on any atom is -0.478 e. The summed E-state index contributed by atoms with van der Waals surface area (Å²) in [5.41, 5.74) is 1.45. The van der Waals surface area contributed by atoms with Gasteiger partial charge in [-0.3, -0.25) is 0 Å². The van der Waals surface area contributed by atoms with Crippen LogP contribution in [0.2, 0.25) is 0 Å². The molecule has 0 fully saturated rings. The minimum atomic E-state index is -0.997. The summed E-state index contributed by atoms with van der Waals surface area (Å²) < 4.78 is 10.0. The highest BCUT2D eigenvalue weighted by Crippen LogP contribution is 2.25. The minimum absolute atomic E-state index is 0.00987. The molecular weight excluding hydrogens is 272 g/mol. The maximum absolute atomic E-state index is 11.6. The first-order chi connectivity index (χ1) is 9.86. The Morgan fingerprint density at radius 1 is 1.43 bits per heavy atom. The van der Waals surface area contributed by atoms with Crippen LogP contribution in [0, 0.1) is 5.92 Å². The van der Waals surface area contributed by atoms with Crippen LogP contribution in [0.4, 0.5) is 0 Å². The molecule has 1 N–H and O–H groups in total. The van der Waals surface area contributed by atoms with E-state index in [1.165, 1.54) is 13.4 Å². The van der Waals surface area contributed by atoms with Gasteiger partial charge in [0, 0.05) is 12.0 Å². The number of methoxy groups -OCH3 is 1. The van der Waals surface area contributed by atoms with Crippen LogP contribution in [0.1, 0.15) is 35.9 Å². The zero-order chi connectivity index (χ0) is 16.0. The Balaban J connectivity index is 2.78. The fraction of sp³-hybridized carbons (Fsp3) is 0.375. The lowest BCUT2D eigenvalue weighted by Gasteiger charge is -2.16. The number of carbonyl (C=O) groups is 2. The summed E-state index contributed by atoms with van der Waals surface area (Å²) >= 11 is 0. The highest BCUT2D eigenvalue weighted by atomic mass is 16.5. The van der Waals surface area contributed by atoms with Crippen LogP contribution in [0.3, 0.4) is 0 Å². The van der Waals surface area contributed by atoms with Crippen LogP contribution in [-0.4, -0.2) is 24.2 Å². The second-order valence-corrected chi connectivity index (χ2v) is 4.94. The Morgan fingerprint density at radius 3 is 2.62 bits per heavy atom. The molecule has 0 aliphatic carbocycles. The van der Waals surface area contributed by atoms with E-state index in [4.69, 9.17) is 14.3 Å². The van der Waals surface area contributed by atoms with Gasteiger partial charge >= 0.3 is 11.9 Å². The van der Waals surface area contributed by atoms with Crippen LogP contribution < -0.4 is 0 Å². The van der Waals surface area contributed by atoms with Crippen LogP contribution in [0.25, 0.3) is 0 Å². The summed E-state index contributed by atoms with van der Waals surface area (Å²) in [5.74, 6) is -0.913. The van der Waals surface area contributed by atoms with Crippen LogP contribution in [-0.2, 0) is 16.0 Å². The lowest BCUT2D eigenvalue weighted by Crippen LogP contribution is -2.11. The number of rotatable bonds is 8. The van der Waals surface area contributed by atoms with Gasteiger partial charge in [-0.1, -0.05) is 18.7 Å². The molecule has 5 heteroatoms. The van der Waals surface area contributed by atoms with Gasteiger partial charge in [0.1, 0.15) is 11.3 Å². The van der Waals surface area contributed by atoms with Crippen molar-refractivity contribution in [3.05, 3.63) is 48.0 Å². The molecule has 1 aromatic heterocycles. The largest absolute Gasteiger partial charge is 0.478 e. The Labute approximate surface area is 123 Å². The van der Waals surface area contributed by atoms with E-state index >= 15 is 0 Å². The monoisotopic (exact) mass is 292 g/mol. The molecular formula is C16H20O5. The Bertz CT molecular complexity index is 553. The summed E-state index contributed by atoms with van der Waals surface area (Å²) in [6.07, 6.45) is 2.86. The standard InChI is InChI=1S/C16H20O5/c1-10(2)12(6-5-11(3)15(17)18)9-14-13(7-8-21-14)16(19)20-4/h7-8,12H,1,3,5-6,9H2,2,4H3,(H,17,18)/t12-/m0/s1. The molecule has 1 aromatic rings. The highest BCUT2D eigenvalue weighted by molar-refractivity contribution is 5.90. The van der Waals surface area contributed by atoms with Gasteiger partial charge in [-0.25, -0.2) is 9.59 Å². The normalized spacial score (nSPS) is 11.7. The van der Waals surface area contributed by atoms with E-state index in [0.717, 1.165) is 5.57 Å². The van der Waals surface area contributed by atoms with Crippen molar-refractivity contribution in [3.63, 3.8) is 0 Å². The summed E-state index contributed by atoms with van der Waals surface area (Å²) in [5, 5.41) is 8.84. The lowest BCUT2D eigenvalue weighted by molar-refractivity contribution is -0.132. The molecule has 5 nitrogen and oxygen atoms in total. The van der Waals surface area contributed by atoms with E-state index in [2.05, 4.69) is 13.2 Å². The van der Waals surface area contributed by atoms with Crippen molar-refractivity contribution in [2.45, 2.75) is 26.2 Å². The molecule has 0 aliphatic heterocycles. The molecule has 0 unspecified atom stereocenters. The molecule has 114 valence electrons. The van der Waals surface area contributed by atoms with E-state index in [1.807, 2.05) is 6.92 Å². The van der Waals surface area contributed by atoms with Gasteiger partial charge in [-0.05, 0) is 31.7 Å². The third-order valence-corrected chi connectivity index (χ3v) is 3.38. The SMILES string of the molecule is C=C(CC[C@@H](Cc1occc1C(=O)OC)C(=C)C)C(=O)O. The Kier molecular flexibility index (Phi) is 5.96. The van der Waals surface area contributed by atoms with E-state index < -0.39 is 11.9 Å². The number of aliphatic carboxylic acids is 1. The van der Waals surface area contributed by atoms with Gasteiger partial charge in [0.25, 0.3) is 0 Å². The van der Waals surface area contributed by atoms with Crippen molar-refractivity contribution in [1.29, 1.82) is 0 Å². The molecule has 0 saturated carbocycles. The summed E-state index contributed by atoms with van der Waals surface area (Å²) in [7, 11) is 1.31. The predicted molar refractivity (Wildman–Crippen MR) is 78.1 cm³/mol. The van der Waals surface area contributed by atoms with Gasteiger partial charge in [0.2, 0.25) is 0 Å². The molecule has 0 bridgehead atoms. The molecule has 0 radical (unpaired) electrons. The second kappa shape index (κ2) is 7.47. The first kappa shape index (κ1) is 16.8. The first-order valence-electron chi connectivity index (χ1n) is 6.58. The van der Waals surface area contributed by atoms with E-state index in [1.54, 1.807) is 6.07 Å². The number of carbonyl (C=O) groups excluding carboxylic acids is 1. The van der Waals surface area contributed by atoms with Crippen molar-refractivity contribution < 1.29 is 23.8 Å². The molecule has 21 heavy (non-hydrogen) atoms. The zero-order valence-electron chi connectivity index (χ0n) is 12.3. The lowest BCUT2D eigenvalue weighted by atomic mass is 9.89. The number of hydrogen-bond donors (Lipinski definition) is 1. The summed E-state index contributed by atoms with van der Waals surface area (Å²) in [4.78, 5) is 22.4. The number of carboxylic acid groups (broad SMARTS) is 1. The van der Waals surface area contributed by atoms with Crippen LogP contribution in [0.5, 0.6) is 0 Å². The third-order valence-electron chi connectivity index (χ3n) is 3.38. The number of ether oxygens (including phenoxy) is 1. The average molecular weight is 292 g/mol. The fourth-order valence-corrected chi connectivity index (χ4v) is 1.99. The second-order valence-electron chi connectivity index (χ2n) is 4.94. The Morgan fingerprint density at radius 2 is 2.10 bits per heavy atom. The van der Waals surface area contributed by atoms with E-state index in [9.17, 15) is 9.59 Å². The Hall–Kier alpha value is -2.30. The quantitative estimate of drug-likeness (QED) is 0.452. The smallest absolute Gasteiger partial charge is 0.341 e. The van der Waals surface area contributed by atoms with Gasteiger partial charge < -0.3 is 14.3 Å². The number of allylic oxidation sites excluding steroid dienone is 1. The van der Waals surface area contributed by atoms with Crippen molar-refractivity contribution in [1.82, 2.24) is 0 Å². The van der Waals surface area contributed by atoms with Gasteiger partial charge in [0.05, 0.1) is 13.4 Å². The van der Waals surface area contributed by atoms with E-state index in [0.29, 0.717) is 30.6 Å². The van der Waals surface area contributed by atoms with E-state index in [-0.39, 0.29) is 11.5 Å². The summed E-state index contributed by atoms with van der Waals surface area (Å²) in [6.45, 7) is 9.30. The zero-order valence-corrected chi connectivity index (χ0v) is 12.3. The highest BCUT2D eigenvalue weighted by Gasteiger charge is 2.20. The van der Waals surface area contributed by atoms with Crippen molar-refractivity contribution in [2.24, 2.45) is 5.92 Å². The van der Waals surface area contributed by atoms with Crippen LogP contribution in [0.15, 0.2) is 41.1 Å². The van der Waals surface area contributed by atoms with Gasteiger partial charge in [0.15, 0.2) is 0 Å².